The van der Waals surface area contributed by atoms with E-state index in [-0.39, 0.29) is 11.0 Å². The number of ether oxygens (including phenoxy) is 2. The SMILES string of the molecule is CC(C)(C)OC(=O)/C=C/c1cc(CO[Si](C)(C)C(C)(C)C)ccc1N1CCOCC1. The highest BCUT2D eigenvalue weighted by Gasteiger charge is 2.37. The lowest BCUT2D eigenvalue weighted by molar-refractivity contribution is -0.148. The molecule has 0 unspecified atom stereocenters. The third kappa shape index (κ3) is 7.25. The molecule has 1 saturated heterocycles. The van der Waals surface area contributed by atoms with Gasteiger partial charge < -0.3 is 18.8 Å². The summed E-state index contributed by atoms with van der Waals surface area (Å²) in [6.45, 7) is 20.6. The molecule has 0 N–H and O–H groups in total. The predicted molar refractivity (Wildman–Crippen MR) is 126 cm³/mol. The Balaban J connectivity index is 2.25. The van der Waals surface area contributed by atoms with Crippen molar-refractivity contribution >= 4 is 26.1 Å². The summed E-state index contributed by atoms with van der Waals surface area (Å²) in [5, 5.41) is 0.167. The smallest absolute Gasteiger partial charge is 0.331 e. The van der Waals surface area contributed by atoms with E-state index in [2.05, 4.69) is 57.0 Å². The molecule has 0 bridgehead atoms. The van der Waals surface area contributed by atoms with Crippen LogP contribution in [0.3, 0.4) is 0 Å². The fraction of sp³-hybridized carbons (Fsp3) is 0.625. The Kier molecular flexibility index (Phi) is 7.94. The summed E-state index contributed by atoms with van der Waals surface area (Å²) in [4.78, 5) is 14.5. The largest absolute Gasteiger partial charge is 0.457 e. The zero-order chi connectivity index (χ0) is 22.6. The Bertz CT molecular complexity index is 753. The molecular weight excluding hydrogens is 394 g/mol. The van der Waals surface area contributed by atoms with E-state index in [1.165, 1.54) is 6.08 Å². The molecule has 1 fully saturated rings. The molecule has 0 aromatic heterocycles. The highest BCUT2D eigenvalue weighted by molar-refractivity contribution is 6.74. The van der Waals surface area contributed by atoms with E-state index in [1.807, 2.05) is 26.8 Å². The minimum atomic E-state index is -1.83. The van der Waals surface area contributed by atoms with Crippen molar-refractivity contribution in [1.29, 1.82) is 0 Å². The average Bonchev–Trinajstić information content (AvgIpc) is 2.63. The maximum Gasteiger partial charge on any atom is 0.331 e. The van der Waals surface area contributed by atoms with Crippen molar-refractivity contribution in [3.8, 4) is 0 Å². The van der Waals surface area contributed by atoms with E-state index in [4.69, 9.17) is 13.9 Å². The molecule has 0 radical (unpaired) electrons. The minimum absolute atomic E-state index is 0.167. The Labute approximate surface area is 183 Å². The lowest BCUT2D eigenvalue weighted by atomic mass is 10.1. The van der Waals surface area contributed by atoms with Gasteiger partial charge in [-0.2, -0.15) is 0 Å². The minimum Gasteiger partial charge on any atom is -0.457 e. The number of benzene rings is 1. The second-order valence-corrected chi connectivity index (χ2v) is 15.2. The summed E-state index contributed by atoms with van der Waals surface area (Å²) >= 11 is 0. The molecular formula is C24H39NO4Si. The molecule has 30 heavy (non-hydrogen) atoms. The molecule has 1 heterocycles. The van der Waals surface area contributed by atoms with Crippen molar-refractivity contribution in [3.63, 3.8) is 0 Å². The van der Waals surface area contributed by atoms with E-state index in [9.17, 15) is 4.79 Å². The molecule has 0 saturated carbocycles. The molecule has 2 rings (SSSR count). The van der Waals surface area contributed by atoms with Gasteiger partial charge in [-0.25, -0.2) is 4.79 Å². The van der Waals surface area contributed by atoms with Crippen LogP contribution in [0.15, 0.2) is 24.3 Å². The molecule has 1 aliphatic rings. The van der Waals surface area contributed by atoms with Crippen LogP contribution in [0.25, 0.3) is 6.08 Å². The van der Waals surface area contributed by atoms with Crippen molar-refractivity contribution in [1.82, 2.24) is 0 Å². The van der Waals surface area contributed by atoms with Crippen LogP contribution in [0.4, 0.5) is 5.69 Å². The summed E-state index contributed by atoms with van der Waals surface area (Å²) in [6, 6.07) is 6.38. The average molecular weight is 434 g/mol. The lowest BCUT2D eigenvalue weighted by Crippen LogP contribution is -2.40. The Morgan fingerprint density at radius 1 is 1.13 bits per heavy atom. The predicted octanol–water partition coefficient (Wildman–Crippen LogP) is 5.40. The quantitative estimate of drug-likeness (QED) is 0.341. The fourth-order valence-corrected chi connectivity index (χ4v) is 3.85. The van der Waals surface area contributed by atoms with Crippen LogP contribution >= 0.6 is 0 Å². The summed E-state index contributed by atoms with van der Waals surface area (Å²) in [6.07, 6.45) is 3.37. The fourth-order valence-electron chi connectivity index (χ4n) is 2.89. The van der Waals surface area contributed by atoms with E-state index in [1.54, 1.807) is 0 Å². The van der Waals surface area contributed by atoms with Gasteiger partial charge in [-0.3, -0.25) is 0 Å². The number of rotatable bonds is 6. The van der Waals surface area contributed by atoms with Gasteiger partial charge in [0.15, 0.2) is 8.32 Å². The number of carbonyl (C=O) groups excluding carboxylic acids is 1. The summed E-state index contributed by atoms with van der Waals surface area (Å²) in [5.41, 5.74) is 2.71. The standard InChI is InChI=1S/C24H39NO4Si/c1-23(2,3)29-22(26)12-10-20-17-19(18-28-30(7,8)24(4,5)6)9-11-21(20)25-13-15-27-16-14-25/h9-12,17H,13-16,18H2,1-8H3/b12-10+. The van der Waals surface area contributed by atoms with Crippen LogP contribution in [0.1, 0.15) is 52.7 Å². The van der Waals surface area contributed by atoms with Gasteiger partial charge in [0, 0.05) is 24.9 Å². The number of anilines is 1. The van der Waals surface area contributed by atoms with Crippen LogP contribution in [-0.2, 0) is 25.3 Å². The van der Waals surface area contributed by atoms with Gasteiger partial charge in [0.1, 0.15) is 5.60 Å². The third-order valence-corrected chi connectivity index (χ3v) is 10.1. The molecule has 1 aromatic carbocycles. The van der Waals surface area contributed by atoms with Crippen molar-refractivity contribution < 1.29 is 18.7 Å². The molecule has 1 aromatic rings. The van der Waals surface area contributed by atoms with Crippen LogP contribution in [-0.4, -0.2) is 46.2 Å². The van der Waals surface area contributed by atoms with Crippen molar-refractivity contribution in [2.75, 3.05) is 31.2 Å². The Hall–Kier alpha value is -1.63. The first-order chi connectivity index (χ1) is 13.8. The van der Waals surface area contributed by atoms with Gasteiger partial charge in [0.2, 0.25) is 0 Å². The first-order valence-corrected chi connectivity index (χ1v) is 13.7. The van der Waals surface area contributed by atoms with Gasteiger partial charge >= 0.3 is 5.97 Å². The molecule has 0 amide bonds. The highest BCUT2D eigenvalue weighted by atomic mass is 28.4. The van der Waals surface area contributed by atoms with E-state index in [0.717, 1.165) is 29.9 Å². The van der Waals surface area contributed by atoms with Crippen LogP contribution in [0.5, 0.6) is 0 Å². The molecule has 0 spiro atoms. The number of esters is 1. The second kappa shape index (κ2) is 9.67. The first-order valence-electron chi connectivity index (χ1n) is 10.8. The first kappa shape index (κ1) is 24.6. The third-order valence-electron chi connectivity index (χ3n) is 5.66. The maximum absolute atomic E-state index is 12.2. The molecule has 0 aliphatic carbocycles. The van der Waals surface area contributed by atoms with Crippen molar-refractivity contribution in [2.45, 2.75) is 71.9 Å². The molecule has 0 atom stereocenters. The van der Waals surface area contributed by atoms with Crippen molar-refractivity contribution in [2.24, 2.45) is 0 Å². The number of hydrogen-bond acceptors (Lipinski definition) is 5. The van der Waals surface area contributed by atoms with Gasteiger partial charge in [0.05, 0.1) is 19.8 Å². The number of carbonyl (C=O) groups is 1. The summed E-state index contributed by atoms with van der Waals surface area (Å²) in [7, 11) is -1.83. The molecule has 1 aliphatic heterocycles. The number of morpholine rings is 1. The highest BCUT2D eigenvalue weighted by Crippen LogP contribution is 2.37. The van der Waals surface area contributed by atoms with Crippen LogP contribution < -0.4 is 4.90 Å². The zero-order valence-electron chi connectivity index (χ0n) is 20.0. The molecule has 168 valence electrons. The van der Waals surface area contributed by atoms with E-state index >= 15 is 0 Å². The van der Waals surface area contributed by atoms with E-state index < -0.39 is 13.9 Å². The number of hydrogen-bond donors (Lipinski definition) is 0. The van der Waals surface area contributed by atoms with Crippen LogP contribution in [0.2, 0.25) is 18.1 Å². The Morgan fingerprint density at radius 2 is 1.77 bits per heavy atom. The summed E-state index contributed by atoms with van der Waals surface area (Å²) < 4.78 is 17.3. The van der Waals surface area contributed by atoms with Crippen LogP contribution in [0, 0.1) is 0 Å². The second-order valence-electron chi connectivity index (χ2n) is 10.4. The lowest BCUT2D eigenvalue weighted by Gasteiger charge is -2.36. The summed E-state index contributed by atoms with van der Waals surface area (Å²) in [5.74, 6) is -0.335. The van der Waals surface area contributed by atoms with E-state index in [0.29, 0.717) is 19.8 Å². The van der Waals surface area contributed by atoms with Gasteiger partial charge in [-0.05, 0) is 68.2 Å². The van der Waals surface area contributed by atoms with Gasteiger partial charge in [0.25, 0.3) is 0 Å². The molecule has 5 nitrogen and oxygen atoms in total. The molecule has 6 heteroatoms. The maximum atomic E-state index is 12.2. The topological polar surface area (TPSA) is 48.0 Å². The normalized spacial score (nSPS) is 16.2. The number of nitrogens with zero attached hydrogens (tertiary/aromatic N) is 1. The van der Waals surface area contributed by atoms with Gasteiger partial charge in [-0.1, -0.05) is 26.8 Å². The van der Waals surface area contributed by atoms with Crippen molar-refractivity contribution in [3.05, 3.63) is 35.4 Å². The zero-order valence-corrected chi connectivity index (χ0v) is 21.0. The van der Waals surface area contributed by atoms with Gasteiger partial charge in [-0.15, -0.1) is 0 Å². The monoisotopic (exact) mass is 433 g/mol. The Morgan fingerprint density at radius 3 is 2.33 bits per heavy atom.